The highest BCUT2D eigenvalue weighted by atomic mass is 32.2. The van der Waals surface area contributed by atoms with Crippen LogP contribution in [0.2, 0.25) is 0 Å². The smallest absolute Gasteiger partial charge is 0.340 e. The van der Waals surface area contributed by atoms with Crippen LogP contribution < -0.4 is 4.72 Å². The number of rotatable bonds is 6. The first-order valence-corrected chi connectivity index (χ1v) is 9.88. The van der Waals surface area contributed by atoms with E-state index in [0.717, 1.165) is 16.6 Å². The third-order valence-corrected chi connectivity index (χ3v) is 5.42. The van der Waals surface area contributed by atoms with Gasteiger partial charge in [0.25, 0.3) is 0 Å². The van der Waals surface area contributed by atoms with Crippen LogP contribution in [0, 0.1) is 0 Å². The number of sulfonamides is 1. The Balaban J connectivity index is 2.02. The molecule has 0 radical (unpaired) electrons. The molecule has 0 atom stereocenters. The zero-order valence-electron chi connectivity index (χ0n) is 14.6. The Morgan fingerprint density at radius 1 is 1.12 bits per heavy atom. The summed E-state index contributed by atoms with van der Waals surface area (Å²) in [7, 11) is -1.92. The van der Waals surface area contributed by atoms with Gasteiger partial charge in [-0.2, -0.15) is 0 Å². The van der Waals surface area contributed by atoms with Gasteiger partial charge in [-0.15, -0.1) is 0 Å². The molecule has 0 saturated heterocycles. The summed E-state index contributed by atoms with van der Waals surface area (Å²) in [4.78, 5) is 12.2. The van der Waals surface area contributed by atoms with Crippen LogP contribution in [0.1, 0.15) is 22.8 Å². The number of ether oxygens (including phenoxy) is 1. The lowest BCUT2D eigenvalue weighted by Crippen LogP contribution is -2.20. The Labute approximate surface area is 152 Å². The van der Waals surface area contributed by atoms with Crippen molar-refractivity contribution in [3.05, 3.63) is 65.9 Å². The summed E-state index contributed by atoms with van der Waals surface area (Å²) in [5, 5.41) is 0.813. The first-order chi connectivity index (χ1) is 12.4. The van der Waals surface area contributed by atoms with E-state index >= 15 is 0 Å². The molecular formula is C19H20N2O4S. The van der Waals surface area contributed by atoms with E-state index in [2.05, 4.69) is 4.72 Å². The molecule has 7 heteroatoms. The van der Waals surface area contributed by atoms with Crippen molar-refractivity contribution in [2.75, 3.05) is 13.7 Å². The minimum atomic E-state index is -3.32. The Kier molecular flexibility index (Phi) is 5.11. The highest BCUT2D eigenvalue weighted by molar-refractivity contribution is 7.88. The maximum atomic E-state index is 12.2. The van der Waals surface area contributed by atoms with Gasteiger partial charge in [-0.1, -0.05) is 30.3 Å². The van der Waals surface area contributed by atoms with Gasteiger partial charge < -0.3 is 9.30 Å². The van der Waals surface area contributed by atoms with E-state index in [0.29, 0.717) is 17.7 Å². The van der Waals surface area contributed by atoms with Crippen LogP contribution in [-0.4, -0.2) is 32.6 Å². The van der Waals surface area contributed by atoms with Crippen molar-refractivity contribution in [3.8, 4) is 5.69 Å². The fraction of sp³-hybridized carbons (Fsp3) is 0.211. The van der Waals surface area contributed by atoms with Crippen LogP contribution in [0.3, 0.4) is 0 Å². The lowest BCUT2D eigenvalue weighted by molar-refractivity contribution is 0.0528. The van der Waals surface area contributed by atoms with Crippen molar-refractivity contribution in [2.45, 2.75) is 12.7 Å². The topological polar surface area (TPSA) is 77.4 Å². The number of nitrogens with zero attached hydrogens (tertiary/aromatic N) is 1. The maximum absolute atomic E-state index is 12.2. The quantitative estimate of drug-likeness (QED) is 0.675. The van der Waals surface area contributed by atoms with Gasteiger partial charge >= 0.3 is 5.97 Å². The summed E-state index contributed by atoms with van der Waals surface area (Å²) in [6.45, 7) is 2.09. The molecule has 136 valence electrons. The Hall–Kier alpha value is -2.64. The van der Waals surface area contributed by atoms with Crippen LogP contribution in [0.4, 0.5) is 0 Å². The van der Waals surface area contributed by atoms with Crippen molar-refractivity contribution in [1.82, 2.24) is 9.29 Å². The van der Waals surface area contributed by atoms with E-state index < -0.39 is 10.0 Å². The summed E-state index contributed by atoms with van der Waals surface area (Å²) in [5.74, 6) is -0.441. The summed E-state index contributed by atoms with van der Waals surface area (Å²) < 4.78 is 32.7. The lowest BCUT2D eigenvalue weighted by atomic mass is 10.2. The predicted octanol–water partition coefficient (Wildman–Crippen LogP) is 2.86. The van der Waals surface area contributed by atoms with Gasteiger partial charge in [-0.05, 0) is 37.7 Å². The SMILES string of the molecule is CCOC(=O)c1cn(-c2ccc(CS(=O)(=O)NC)cc2)c2ccccc12. The Morgan fingerprint density at radius 3 is 2.46 bits per heavy atom. The molecule has 1 N–H and O–H groups in total. The zero-order valence-corrected chi connectivity index (χ0v) is 15.4. The molecule has 3 aromatic rings. The van der Waals surface area contributed by atoms with Crippen LogP contribution in [0.5, 0.6) is 0 Å². The second-order valence-electron chi connectivity index (χ2n) is 5.78. The number of esters is 1. The molecule has 0 amide bonds. The molecule has 0 saturated carbocycles. The van der Waals surface area contributed by atoms with Crippen LogP contribution in [-0.2, 0) is 20.5 Å². The average Bonchev–Trinajstić information content (AvgIpc) is 3.02. The molecule has 0 aliphatic rings. The third-order valence-electron chi connectivity index (χ3n) is 4.09. The van der Waals surface area contributed by atoms with Crippen molar-refractivity contribution >= 4 is 26.9 Å². The fourth-order valence-corrected chi connectivity index (χ4v) is 3.58. The molecule has 0 aliphatic carbocycles. The molecule has 26 heavy (non-hydrogen) atoms. The summed E-state index contributed by atoms with van der Waals surface area (Å²) in [6.07, 6.45) is 1.75. The molecule has 6 nitrogen and oxygen atoms in total. The number of hydrogen-bond donors (Lipinski definition) is 1. The highest BCUT2D eigenvalue weighted by Crippen LogP contribution is 2.26. The number of fused-ring (bicyclic) bond motifs is 1. The number of carbonyl (C=O) groups is 1. The van der Waals surface area contributed by atoms with Crippen LogP contribution in [0.25, 0.3) is 16.6 Å². The normalized spacial score (nSPS) is 11.6. The van der Waals surface area contributed by atoms with E-state index in [9.17, 15) is 13.2 Å². The molecule has 3 rings (SSSR count). The number of benzene rings is 2. The number of para-hydroxylation sites is 1. The monoisotopic (exact) mass is 372 g/mol. The summed E-state index contributed by atoms with van der Waals surface area (Å²) in [5.41, 5.74) is 2.91. The predicted molar refractivity (Wildman–Crippen MR) is 101 cm³/mol. The molecule has 0 spiro atoms. The largest absolute Gasteiger partial charge is 0.462 e. The molecular weight excluding hydrogens is 352 g/mol. The molecule has 1 aromatic heterocycles. The van der Waals surface area contributed by atoms with E-state index in [1.165, 1.54) is 7.05 Å². The standard InChI is InChI=1S/C19H20N2O4S/c1-3-25-19(22)17-12-21(18-7-5-4-6-16(17)18)15-10-8-14(9-11-15)13-26(23,24)20-2/h4-12,20H,3,13H2,1-2H3. The minimum Gasteiger partial charge on any atom is -0.462 e. The average molecular weight is 372 g/mol. The molecule has 0 aliphatic heterocycles. The van der Waals surface area contributed by atoms with E-state index in [-0.39, 0.29) is 11.7 Å². The van der Waals surface area contributed by atoms with Gasteiger partial charge in [-0.25, -0.2) is 17.9 Å². The van der Waals surface area contributed by atoms with Gasteiger partial charge in [-0.3, -0.25) is 0 Å². The number of carbonyl (C=O) groups excluding carboxylic acids is 1. The summed E-state index contributed by atoms with van der Waals surface area (Å²) in [6, 6.07) is 14.8. The van der Waals surface area contributed by atoms with E-state index in [1.54, 1.807) is 25.3 Å². The second kappa shape index (κ2) is 7.31. The fourth-order valence-electron chi connectivity index (χ4n) is 2.81. The molecule has 1 heterocycles. The number of hydrogen-bond acceptors (Lipinski definition) is 4. The maximum Gasteiger partial charge on any atom is 0.340 e. The van der Waals surface area contributed by atoms with Crippen molar-refractivity contribution in [3.63, 3.8) is 0 Å². The van der Waals surface area contributed by atoms with Gasteiger partial charge in [0, 0.05) is 17.3 Å². The lowest BCUT2D eigenvalue weighted by Gasteiger charge is -2.07. The molecule has 0 bridgehead atoms. The summed E-state index contributed by atoms with van der Waals surface area (Å²) >= 11 is 0. The number of aromatic nitrogens is 1. The zero-order chi connectivity index (χ0) is 18.7. The Morgan fingerprint density at radius 2 is 1.81 bits per heavy atom. The highest BCUT2D eigenvalue weighted by Gasteiger charge is 2.16. The second-order valence-corrected chi connectivity index (χ2v) is 7.71. The van der Waals surface area contributed by atoms with Crippen molar-refractivity contribution in [1.29, 1.82) is 0 Å². The van der Waals surface area contributed by atoms with Gasteiger partial charge in [0.1, 0.15) is 0 Å². The van der Waals surface area contributed by atoms with Gasteiger partial charge in [0.15, 0.2) is 0 Å². The first kappa shape index (κ1) is 18.2. The van der Waals surface area contributed by atoms with Gasteiger partial charge in [0.05, 0.1) is 23.4 Å². The minimum absolute atomic E-state index is 0.0791. The van der Waals surface area contributed by atoms with Crippen molar-refractivity contribution in [2.24, 2.45) is 0 Å². The van der Waals surface area contributed by atoms with E-state index in [4.69, 9.17) is 4.74 Å². The van der Waals surface area contributed by atoms with Crippen LogP contribution >= 0.6 is 0 Å². The molecule has 2 aromatic carbocycles. The van der Waals surface area contributed by atoms with Crippen molar-refractivity contribution < 1.29 is 17.9 Å². The molecule has 0 unspecified atom stereocenters. The van der Waals surface area contributed by atoms with Crippen LogP contribution in [0.15, 0.2) is 54.7 Å². The van der Waals surface area contributed by atoms with E-state index in [1.807, 2.05) is 41.0 Å². The first-order valence-electron chi connectivity index (χ1n) is 8.23. The number of nitrogens with one attached hydrogen (secondary N) is 1. The third kappa shape index (κ3) is 3.63. The Bertz CT molecular complexity index is 1040. The molecule has 0 fully saturated rings. The van der Waals surface area contributed by atoms with Gasteiger partial charge in [0.2, 0.25) is 10.0 Å².